The molecule has 0 spiro atoms. The van der Waals surface area contributed by atoms with Gasteiger partial charge in [0.05, 0.1) is 11.2 Å². The predicted molar refractivity (Wildman–Crippen MR) is 70.2 cm³/mol. The number of hydrogen-bond acceptors (Lipinski definition) is 1. The van der Waals surface area contributed by atoms with E-state index in [1.54, 1.807) is 0 Å². The Hall–Kier alpha value is -1.53. The molecule has 0 aliphatic heterocycles. The highest BCUT2D eigenvalue weighted by Crippen LogP contribution is 2.08. The average molecular weight is 228 g/mol. The molecule has 0 saturated carbocycles. The van der Waals surface area contributed by atoms with Crippen molar-refractivity contribution in [2.24, 2.45) is 0 Å². The lowest BCUT2D eigenvalue weighted by molar-refractivity contribution is 0.920. The quantitative estimate of drug-likeness (QED) is 0.500. The lowest BCUT2D eigenvalue weighted by atomic mass is 10.3. The maximum atomic E-state index is 4.44. The highest BCUT2D eigenvalue weighted by atomic mass is 28.3. The van der Waals surface area contributed by atoms with Gasteiger partial charge >= 0.3 is 0 Å². The molecule has 0 fully saturated rings. The molecule has 3 heteroatoms. The molecule has 0 aliphatic rings. The van der Waals surface area contributed by atoms with Crippen LogP contribution in [-0.2, 0) is 0 Å². The van der Waals surface area contributed by atoms with E-state index in [9.17, 15) is 0 Å². The van der Waals surface area contributed by atoms with Crippen molar-refractivity contribution in [1.29, 1.82) is 0 Å². The molecule has 0 unspecified atom stereocenters. The van der Waals surface area contributed by atoms with E-state index < -0.39 is 8.07 Å². The van der Waals surface area contributed by atoms with E-state index in [-0.39, 0.29) is 0 Å². The van der Waals surface area contributed by atoms with Crippen LogP contribution in [0.1, 0.15) is 11.4 Å². The molecule has 0 amide bonds. The summed E-state index contributed by atoms with van der Waals surface area (Å²) in [5.74, 6) is 3.25. The van der Waals surface area contributed by atoms with Gasteiger partial charge in [0.1, 0.15) is 13.8 Å². The molecule has 0 atom stereocenters. The van der Waals surface area contributed by atoms with Crippen LogP contribution in [-0.4, -0.2) is 17.7 Å². The SMILES string of the molecule is Cc1cc2cccc(C#C[Si](C)(C)C)n2n1. The van der Waals surface area contributed by atoms with Gasteiger partial charge < -0.3 is 0 Å². The first-order chi connectivity index (χ1) is 7.46. The van der Waals surface area contributed by atoms with Gasteiger partial charge in [0.15, 0.2) is 0 Å². The fourth-order valence-electron chi connectivity index (χ4n) is 1.49. The van der Waals surface area contributed by atoms with E-state index in [1.165, 1.54) is 0 Å². The van der Waals surface area contributed by atoms with Gasteiger partial charge in [-0.25, -0.2) is 4.52 Å². The Labute approximate surface area is 97.3 Å². The number of aromatic nitrogens is 2. The molecule has 16 heavy (non-hydrogen) atoms. The van der Waals surface area contributed by atoms with Crippen molar-refractivity contribution < 1.29 is 0 Å². The number of nitrogens with zero attached hydrogens (tertiary/aromatic N) is 2. The van der Waals surface area contributed by atoms with Crippen LogP contribution >= 0.6 is 0 Å². The van der Waals surface area contributed by atoms with Gasteiger partial charge in [-0.1, -0.05) is 31.6 Å². The highest BCUT2D eigenvalue weighted by molar-refractivity contribution is 6.83. The van der Waals surface area contributed by atoms with Gasteiger partial charge in [-0.3, -0.25) is 0 Å². The van der Waals surface area contributed by atoms with Gasteiger partial charge in [-0.15, -0.1) is 5.54 Å². The lowest BCUT2D eigenvalue weighted by Crippen LogP contribution is -2.16. The summed E-state index contributed by atoms with van der Waals surface area (Å²) in [6.45, 7) is 8.74. The van der Waals surface area contributed by atoms with E-state index in [0.29, 0.717) is 0 Å². The molecule has 0 aliphatic carbocycles. The van der Waals surface area contributed by atoms with Gasteiger partial charge in [0, 0.05) is 0 Å². The summed E-state index contributed by atoms with van der Waals surface area (Å²) in [4.78, 5) is 0. The Kier molecular flexibility index (Phi) is 2.61. The first kappa shape index (κ1) is 11.0. The second kappa shape index (κ2) is 3.80. The van der Waals surface area contributed by atoms with Crippen molar-refractivity contribution in [3.63, 3.8) is 0 Å². The summed E-state index contributed by atoms with van der Waals surface area (Å²) in [7, 11) is -1.32. The summed E-state index contributed by atoms with van der Waals surface area (Å²) in [5, 5.41) is 4.44. The molecule has 0 radical (unpaired) electrons. The van der Waals surface area contributed by atoms with Crippen molar-refractivity contribution in [3.05, 3.63) is 35.7 Å². The molecule has 0 aromatic carbocycles. The smallest absolute Gasteiger partial charge is 0.129 e. The fourth-order valence-corrected chi connectivity index (χ4v) is 1.99. The van der Waals surface area contributed by atoms with E-state index in [1.807, 2.05) is 23.6 Å². The molecular weight excluding hydrogens is 212 g/mol. The predicted octanol–water partition coefficient (Wildman–Crippen LogP) is 2.87. The van der Waals surface area contributed by atoms with Crippen molar-refractivity contribution in [2.75, 3.05) is 0 Å². The number of rotatable bonds is 0. The van der Waals surface area contributed by atoms with Gasteiger partial charge in [0.2, 0.25) is 0 Å². The lowest BCUT2D eigenvalue weighted by Gasteiger charge is -2.03. The average Bonchev–Trinajstić information content (AvgIpc) is 2.54. The minimum Gasteiger partial charge on any atom is -0.225 e. The third-order valence-electron chi connectivity index (χ3n) is 2.17. The molecule has 0 bridgehead atoms. The zero-order valence-electron chi connectivity index (χ0n) is 10.2. The monoisotopic (exact) mass is 228 g/mol. The number of aryl methyl sites for hydroxylation is 1. The molecule has 0 N–H and O–H groups in total. The van der Waals surface area contributed by atoms with Gasteiger partial charge in [0.25, 0.3) is 0 Å². The fraction of sp³-hybridized carbons (Fsp3) is 0.308. The number of pyridine rings is 1. The van der Waals surface area contributed by atoms with E-state index in [0.717, 1.165) is 16.9 Å². The summed E-state index contributed by atoms with van der Waals surface area (Å²) in [6.07, 6.45) is 0. The van der Waals surface area contributed by atoms with Crippen LogP contribution in [0.5, 0.6) is 0 Å². The summed E-state index contributed by atoms with van der Waals surface area (Å²) in [5.41, 5.74) is 6.49. The second-order valence-electron chi connectivity index (χ2n) is 5.03. The van der Waals surface area contributed by atoms with Crippen LogP contribution < -0.4 is 0 Å². The van der Waals surface area contributed by atoms with Gasteiger partial charge in [-0.05, 0) is 25.1 Å². The number of fused-ring (bicyclic) bond motifs is 1. The summed E-state index contributed by atoms with van der Waals surface area (Å²) >= 11 is 0. The van der Waals surface area contributed by atoms with E-state index in [2.05, 4.69) is 48.3 Å². The molecule has 82 valence electrons. The first-order valence-corrected chi connectivity index (χ1v) is 8.94. The Balaban J connectivity index is 2.55. The third kappa shape index (κ3) is 2.34. The third-order valence-corrected chi connectivity index (χ3v) is 3.05. The van der Waals surface area contributed by atoms with Crippen LogP contribution in [0.25, 0.3) is 5.52 Å². The zero-order valence-corrected chi connectivity index (χ0v) is 11.2. The maximum absolute atomic E-state index is 4.44. The van der Waals surface area contributed by atoms with Crippen molar-refractivity contribution in [3.8, 4) is 11.5 Å². The van der Waals surface area contributed by atoms with Gasteiger partial charge in [-0.2, -0.15) is 5.10 Å². The first-order valence-electron chi connectivity index (χ1n) is 5.44. The molecule has 2 heterocycles. The highest BCUT2D eigenvalue weighted by Gasteiger charge is 2.08. The molecule has 2 rings (SSSR count). The summed E-state index contributed by atoms with van der Waals surface area (Å²) < 4.78 is 1.92. The molecule has 2 nitrogen and oxygen atoms in total. The minimum absolute atomic E-state index is 0.980. The Bertz CT molecular complexity index is 579. The summed E-state index contributed by atoms with van der Waals surface area (Å²) in [6, 6.07) is 8.18. The number of hydrogen-bond donors (Lipinski definition) is 0. The van der Waals surface area contributed by atoms with Crippen LogP contribution in [0.4, 0.5) is 0 Å². The Morgan fingerprint density at radius 1 is 1.25 bits per heavy atom. The van der Waals surface area contributed by atoms with Crippen molar-refractivity contribution in [1.82, 2.24) is 9.61 Å². The Morgan fingerprint density at radius 3 is 2.69 bits per heavy atom. The van der Waals surface area contributed by atoms with Crippen LogP contribution in [0.3, 0.4) is 0 Å². The Morgan fingerprint density at radius 2 is 2.00 bits per heavy atom. The maximum Gasteiger partial charge on any atom is 0.129 e. The van der Waals surface area contributed by atoms with Crippen molar-refractivity contribution in [2.45, 2.75) is 26.6 Å². The van der Waals surface area contributed by atoms with Crippen molar-refractivity contribution >= 4 is 13.6 Å². The molecular formula is C13H16N2Si. The topological polar surface area (TPSA) is 17.3 Å². The van der Waals surface area contributed by atoms with Crippen LogP contribution in [0, 0.1) is 18.4 Å². The second-order valence-corrected chi connectivity index (χ2v) is 9.78. The largest absolute Gasteiger partial charge is 0.225 e. The minimum atomic E-state index is -1.32. The standard InChI is InChI=1S/C13H16N2Si/c1-11-10-13-7-5-6-12(15(13)14-11)8-9-16(2,3)4/h5-7,10H,1-4H3. The zero-order chi connectivity index (χ0) is 11.8. The van der Waals surface area contributed by atoms with Crippen LogP contribution in [0.15, 0.2) is 24.3 Å². The van der Waals surface area contributed by atoms with E-state index in [4.69, 9.17) is 0 Å². The van der Waals surface area contributed by atoms with Crippen LogP contribution in [0.2, 0.25) is 19.6 Å². The molecule has 0 saturated heterocycles. The molecule has 2 aromatic rings. The molecule has 2 aromatic heterocycles. The van der Waals surface area contributed by atoms with E-state index >= 15 is 0 Å². The normalized spacial score (nSPS) is 11.2.